The summed E-state index contributed by atoms with van der Waals surface area (Å²) in [6, 6.07) is 11.0. The van der Waals surface area contributed by atoms with E-state index < -0.39 is 10.0 Å². The smallest absolute Gasteiger partial charge is 0.243 e. The van der Waals surface area contributed by atoms with Gasteiger partial charge in [0.2, 0.25) is 15.9 Å². The van der Waals surface area contributed by atoms with Crippen LogP contribution in [0.15, 0.2) is 41.3 Å². The van der Waals surface area contributed by atoms with Crippen molar-refractivity contribution in [1.82, 2.24) is 9.62 Å². The van der Waals surface area contributed by atoms with E-state index in [0.717, 1.165) is 21.2 Å². The molecule has 0 saturated carbocycles. The van der Waals surface area contributed by atoms with Crippen molar-refractivity contribution in [3.8, 4) is 5.75 Å². The molecule has 0 aliphatic heterocycles. The van der Waals surface area contributed by atoms with Crippen LogP contribution in [-0.4, -0.2) is 39.3 Å². The largest absolute Gasteiger partial charge is 0.497 e. The van der Waals surface area contributed by atoms with Crippen LogP contribution in [0.2, 0.25) is 0 Å². The maximum absolute atomic E-state index is 12.9. The van der Waals surface area contributed by atoms with Crippen LogP contribution in [0.25, 0.3) is 0 Å². The summed E-state index contributed by atoms with van der Waals surface area (Å²) in [4.78, 5) is 12.5. The Morgan fingerprint density at radius 2 is 1.63 bits per heavy atom. The van der Waals surface area contributed by atoms with Gasteiger partial charge in [-0.15, -0.1) is 0 Å². The van der Waals surface area contributed by atoms with Crippen molar-refractivity contribution in [2.24, 2.45) is 0 Å². The van der Waals surface area contributed by atoms with Crippen LogP contribution < -0.4 is 10.1 Å². The summed E-state index contributed by atoms with van der Waals surface area (Å²) in [7, 11) is -0.743. The lowest BCUT2D eigenvalue weighted by molar-refractivity contribution is -0.121. The molecule has 0 radical (unpaired) electrons. The minimum atomic E-state index is -3.75. The molecule has 0 atom stereocenters. The van der Waals surface area contributed by atoms with Crippen molar-refractivity contribution in [1.29, 1.82) is 0 Å². The number of carbonyl (C=O) groups is 1. The van der Waals surface area contributed by atoms with Crippen LogP contribution >= 0.6 is 0 Å². The lowest BCUT2D eigenvalue weighted by atomic mass is 10.1. The number of nitrogens with zero attached hydrogens (tertiary/aromatic N) is 1. The molecule has 2 aromatic rings. The van der Waals surface area contributed by atoms with Crippen molar-refractivity contribution in [2.45, 2.75) is 32.2 Å². The highest BCUT2D eigenvalue weighted by molar-refractivity contribution is 7.89. The summed E-state index contributed by atoms with van der Waals surface area (Å²) in [5.74, 6) is 0.374. The summed E-state index contributed by atoms with van der Waals surface area (Å²) in [6.07, 6.45) is 0. The third kappa shape index (κ3) is 5.08. The second-order valence-electron chi connectivity index (χ2n) is 6.61. The van der Waals surface area contributed by atoms with Crippen molar-refractivity contribution in [2.75, 3.05) is 20.7 Å². The van der Waals surface area contributed by atoms with Crippen LogP contribution in [0.5, 0.6) is 5.75 Å². The van der Waals surface area contributed by atoms with E-state index in [-0.39, 0.29) is 17.3 Å². The number of hydrogen-bond donors (Lipinski definition) is 1. The molecular formula is C20H26N2O4S. The SMILES string of the molecule is COc1ccc(CNC(=O)CN(C)S(=O)(=O)c2c(C)cc(C)cc2C)cc1. The number of sulfonamides is 1. The second-order valence-corrected chi connectivity index (χ2v) is 8.60. The molecule has 27 heavy (non-hydrogen) atoms. The molecule has 146 valence electrons. The summed E-state index contributed by atoms with van der Waals surface area (Å²) in [6.45, 7) is 5.53. The Hall–Kier alpha value is -2.38. The summed E-state index contributed by atoms with van der Waals surface area (Å²) in [5.41, 5.74) is 3.26. The van der Waals surface area contributed by atoms with E-state index in [4.69, 9.17) is 4.74 Å². The molecule has 0 fully saturated rings. The van der Waals surface area contributed by atoms with Gasteiger partial charge < -0.3 is 10.1 Å². The van der Waals surface area contributed by atoms with Crippen molar-refractivity contribution >= 4 is 15.9 Å². The molecule has 7 heteroatoms. The predicted molar refractivity (Wildman–Crippen MR) is 105 cm³/mol. The van der Waals surface area contributed by atoms with Crippen LogP contribution in [0.4, 0.5) is 0 Å². The van der Waals surface area contributed by atoms with E-state index in [1.807, 2.05) is 31.2 Å². The van der Waals surface area contributed by atoms with Gasteiger partial charge in [0.25, 0.3) is 0 Å². The fraction of sp³-hybridized carbons (Fsp3) is 0.350. The van der Waals surface area contributed by atoms with E-state index >= 15 is 0 Å². The minimum absolute atomic E-state index is 0.245. The Morgan fingerprint density at radius 3 is 2.15 bits per heavy atom. The highest BCUT2D eigenvalue weighted by Crippen LogP contribution is 2.24. The number of benzene rings is 2. The average Bonchev–Trinajstić information content (AvgIpc) is 2.59. The fourth-order valence-corrected chi connectivity index (χ4v) is 4.55. The lowest BCUT2D eigenvalue weighted by Gasteiger charge is -2.20. The first kappa shape index (κ1) is 20.9. The summed E-state index contributed by atoms with van der Waals surface area (Å²) >= 11 is 0. The van der Waals surface area contributed by atoms with E-state index in [1.54, 1.807) is 33.1 Å². The minimum Gasteiger partial charge on any atom is -0.497 e. The number of amides is 1. The maximum Gasteiger partial charge on any atom is 0.243 e. The zero-order valence-corrected chi connectivity index (χ0v) is 17.2. The first-order chi connectivity index (χ1) is 12.6. The van der Waals surface area contributed by atoms with Gasteiger partial charge in [-0.05, 0) is 49.6 Å². The monoisotopic (exact) mass is 390 g/mol. The van der Waals surface area contributed by atoms with Crippen LogP contribution in [0, 0.1) is 20.8 Å². The average molecular weight is 391 g/mol. The van der Waals surface area contributed by atoms with Crippen LogP contribution in [0.1, 0.15) is 22.3 Å². The quantitative estimate of drug-likeness (QED) is 0.788. The lowest BCUT2D eigenvalue weighted by Crippen LogP contribution is -2.38. The van der Waals surface area contributed by atoms with E-state index in [9.17, 15) is 13.2 Å². The molecule has 2 rings (SSSR count). The summed E-state index contributed by atoms with van der Waals surface area (Å²) in [5, 5.41) is 2.74. The first-order valence-electron chi connectivity index (χ1n) is 8.59. The molecule has 1 N–H and O–H groups in total. The van der Waals surface area contributed by atoms with Gasteiger partial charge >= 0.3 is 0 Å². The molecule has 0 aromatic heterocycles. The third-order valence-electron chi connectivity index (χ3n) is 4.29. The van der Waals surface area contributed by atoms with Crippen molar-refractivity contribution in [3.05, 3.63) is 58.7 Å². The van der Waals surface area contributed by atoms with Gasteiger partial charge in [0, 0.05) is 13.6 Å². The maximum atomic E-state index is 12.9. The van der Waals surface area contributed by atoms with E-state index in [1.165, 1.54) is 7.05 Å². The third-order valence-corrected chi connectivity index (χ3v) is 6.40. The summed E-state index contributed by atoms with van der Waals surface area (Å²) < 4.78 is 32.0. The predicted octanol–water partition coefficient (Wildman–Crippen LogP) is 2.56. The van der Waals surface area contributed by atoms with E-state index in [2.05, 4.69) is 5.32 Å². The number of aryl methyl sites for hydroxylation is 3. The highest BCUT2D eigenvalue weighted by atomic mass is 32.2. The first-order valence-corrected chi connectivity index (χ1v) is 10.0. The molecular weight excluding hydrogens is 364 g/mol. The molecule has 0 aliphatic carbocycles. The zero-order chi connectivity index (χ0) is 20.2. The molecule has 6 nitrogen and oxygen atoms in total. The number of methoxy groups -OCH3 is 1. The Bertz CT molecular complexity index is 898. The van der Waals surface area contributed by atoms with Gasteiger partial charge in [-0.3, -0.25) is 4.79 Å². The Kier molecular flexibility index (Phi) is 6.62. The highest BCUT2D eigenvalue weighted by Gasteiger charge is 2.26. The van der Waals surface area contributed by atoms with Crippen LogP contribution in [-0.2, 0) is 21.4 Å². The topological polar surface area (TPSA) is 75.7 Å². The molecule has 0 heterocycles. The number of nitrogens with one attached hydrogen (secondary N) is 1. The zero-order valence-electron chi connectivity index (χ0n) is 16.4. The molecule has 0 bridgehead atoms. The van der Waals surface area contributed by atoms with Gasteiger partial charge in [-0.25, -0.2) is 8.42 Å². The van der Waals surface area contributed by atoms with Gasteiger partial charge in [-0.1, -0.05) is 29.8 Å². The van der Waals surface area contributed by atoms with E-state index in [0.29, 0.717) is 17.7 Å². The Morgan fingerprint density at radius 1 is 1.07 bits per heavy atom. The second kappa shape index (κ2) is 8.54. The number of carbonyl (C=O) groups excluding carboxylic acids is 1. The van der Waals surface area contributed by atoms with Gasteiger partial charge in [-0.2, -0.15) is 4.31 Å². The van der Waals surface area contributed by atoms with Crippen LogP contribution in [0.3, 0.4) is 0 Å². The number of rotatable bonds is 7. The standard InChI is InChI=1S/C20H26N2O4S/c1-14-10-15(2)20(16(3)11-14)27(24,25)22(4)13-19(23)21-12-17-6-8-18(26-5)9-7-17/h6-11H,12-13H2,1-5H3,(H,21,23). The van der Waals surface area contributed by atoms with Gasteiger partial charge in [0.1, 0.15) is 5.75 Å². The Balaban J connectivity index is 2.04. The molecule has 1 amide bonds. The fourth-order valence-electron chi connectivity index (χ4n) is 3.02. The number of ether oxygens (including phenoxy) is 1. The van der Waals surface area contributed by atoms with Crippen molar-refractivity contribution in [3.63, 3.8) is 0 Å². The number of likely N-dealkylation sites (N-methyl/N-ethyl adjacent to an activating group) is 1. The van der Waals surface area contributed by atoms with Gasteiger partial charge in [0.15, 0.2) is 0 Å². The molecule has 0 saturated heterocycles. The molecule has 0 aliphatic rings. The molecule has 2 aromatic carbocycles. The Labute approximate surface area is 161 Å². The molecule has 0 spiro atoms. The normalized spacial score (nSPS) is 11.5. The molecule has 0 unspecified atom stereocenters. The number of hydrogen-bond acceptors (Lipinski definition) is 4. The van der Waals surface area contributed by atoms with Crippen molar-refractivity contribution < 1.29 is 17.9 Å². The van der Waals surface area contributed by atoms with Gasteiger partial charge in [0.05, 0.1) is 18.6 Å².